The molecule has 1 atom stereocenters. The lowest BCUT2D eigenvalue weighted by Crippen LogP contribution is -2.39. The van der Waals surface area contributed by atoms with Crippen molar-refractivity contribution in [2.45, 2.75) is 31.7 Å². The number of nitrogens with one attached hydrogen (secondary N) is 2. The number of aryl methyl sites for hydroxylation is 1. The van der Waals surface area contributed by atoms with E-state index in [1.165, 1.54) is 12.1 Å². The maximum atomic E-state index is 12.5. The summed E-state index contributed by atoms with van der Waals surface area (Å²) in [5.41, 5.74) is 7.46. The van der Waals surface area contributed by atoms with Gasteiger partial charge in [-0.2, -0.15) is 0 Å². The Morgan fingerprint density at radius 3 is 2.32 bits per heavy atom. The van der Waals surface area contributed by atoms with Gasteiger partial charge in [0.1, 0.15) is 0 Å². The molecule has 25 heavy (non-hydrogen) atoms. The predicted octanol–water partition coefficient (Wildman–Crippen LogP) is 2.72. The van der Waals surface area contributed by atoms with Crippen LogP contribution in [0.25, 0.3) is 0 Å². The van der Waals surface area contributed by atoms with Gasteiger partial charge in [0, 0.05) is 5.69 Å². The summed E-state index contributed by atoms with van der Waals surface area (Å²) < 4.78 is 27.5. The minimum atomic E-state index is -3.70. The van der Waals surface area contributed by atoms with Crippen LogP contribution in [0.2, 0.25) is 0 Å². The van der Waals surface area contributed by atoms with Crippen LogP contribution in [0, 0.1) is 12.8 Å². The van der Waals surface area contributed by atoms with Crippen molar-refractivity contribution in [3.8, 4) is 0 Å². The van der Waals surface area contributed by atoms with E-state index < -0.39 is 16.1 Å². The topological polar surface area (TPSA) is 101 Å². The lowest BCUT2D eigenvalue weighted by molar-refractivity contribution is -0.118. The molecule has 1 amide bonds. The molecule has 4 N–H and O–H groups in total. The van der Waals surface area contributed by atoms with E-state index in [2.05, 4.69) is 10.0 Å². The summed E-state index contributed by atoms with van der Waals surface area (Å²) in [6, 6.07) is 12.5. The number of sulfonamides is 1. The number of hydrogen-bond donors (Lipinski definition) is 3. The fourth-order valence-electron chi connectivity index (χ4n) is 2.14. The van der Waals surface area contributed by atoms with Crippen LogP contribution < -0.4 is 15.8 Å². The Bertz CT molecular complexity index is 849. The molecule has 2 rings (SSSR count). The number of hydrogen-bond acceptors (Lipinski definition) is 4. The zero-order valence-electron chi connectivity index (χ0n) is 14.5. The molecule has 0 aliphatic rings. The largest absolute Gasteiger partial charge is 0.325 e. The van der Waals surface area contributed by atoms with Crippen LogP contribution in [-0.4, -0.2) is 20.4 Å². The zero-order valence-corrected chi connectivity index (χ0v) is 15.3. The average Bonchev–Trinajstić information content (AvgIpc) is 2.57. The molecule has 0 bridgehead atoms. The lowest BCUT2D eigenvalue weighted by atomic mass is 10.0. The van der Waals surface area contributed by atoms with Crippen LogP contribution in [0.3, 0.4) is 0 Å². The van der Waals surface area contributed by atoms with Crippen molar-refractivity contribution in [2.24, 2.45) is 11.7 Å². The Hall–Kier alpha value is -2.38. The van der Waals surface area contributed by atoms with Crippen molar-refractivity contribution >= 4 is 27.3 Å². The molecule has 2 aromatic rings. The fraction of sp³-hybridized carbons (Fsp3) is 0.278. The van der Waals surface area contributed by atoms with Gasteiger partial charge in [-0.1, -0.05) is 38.1 Å². The van der Waals surface area contributed by atoms with Crippen LogP contribution in [0.5, 0.6) is 0 Å². The van der Waals surface area contributed by atoms with Crippen molar-refractivity contribution < 1.29 is 13.2 Å². The van der Waals surface area contributed by atoms with Crippen molar-refractivity contribution in [2.75, 3.05) is 10.0 Å². The third-order valence-corrected chi connectivity index (χ3v) is 5.21. The summed E-state index contributed by atoms with van der Waals surface area (Å²) >= 11 is 0. The number of anilines is 2. The van der Waals surface area contributed by atoms with E-state index in [4.69, 9.17) is 5.73 Å². The first-order valence-corrected chi connectivity index (χ1v) is 9.44. The Kier molecular flexibility index (Phi) is 5.81. The van der Waals surface area contributed by atoms with Crippen LogP contribution in [0.15, 0.2) is 53.4 Å². The van der Waals surface area contributed by atoms with Gasteiger partial charge in [0.25, 0.3) is 10.0 Å². The molecule has 134 valence electrons. The van der Waals surface area contributed by atoms with Gasteiger partial charge in [0.2, 0.25) is 5.91 Å². The number of carbonyl (C=O) groups is 1. The molecular formula is C18H23N3O3S. The van der Waals surface area contributed by atoms with E-state index >= 15 is 0 Å². The first-order chi connectivity index (χ1) is 11.7. The van der Waals surface area contributed by atoms with E-state index in [-0.39, 0.29) is 16.7 Å². The molecule has 7 heteroatoms. The molecular weight excluding hydrogens is 338 g/mol. The number of amides is 1. The summed E-state index contributed by atoms with van der Waals surface area (Å²) in [5, 5.41) is 2.72. The highest BCUT2D eigenvalue weighted by atomic mass is 32.2. The Morgan fingerprint density at radius 1 is 1.08 bits per heavy atom. The number of benzene rings is 2. The van der Waals surface area contributed by atoms with E-state index in [9.17, 15) is 13.2 Å². The third-order valence-electron chi connectivity index (χ3n) is 3.82. The highest BCUT2D eigenvalue weighted by Crippen LogP contribution is 2.23. The van der Waals surface area contributed by atoms with Gasteiger partial charge in [0.15, 0.2) is 0 Å². The van der Waals surface area contributed by atoms with E-state index in [1.807, 2.05) is 13.8 Å². The summed E-state index contributed by atoms with van der Waals surface area (Å²) in [6.07, 6.45) is 0. The molecule has 0 fully saturated rings. The van der Waals surface area contributed by atoms with Gasteiger partial charge in [-0.15, -0.1) is 0 Å². The van der Waals surface area contributed by atoms with E-state index in [0.717, 1.165) is 5.56 Å². The van der Waals surface area contributed by atoms with Gasteiger partial charge in [0.05, 0.1) is 16.6 Å². The maximum absolute atomic E-state index is 12.5. The van der Waals surface area contributed by atoms with Crippen LogP contribution >= 0.6 is 0 Å². The molecule has 0 saturated heterocycles. The van der Waals surface area contributed by atoms with Crippen LogP contribution in [-0.2, 0) is 14.8 Å². The molecule has 0 aromatic heterocycles. The summed E-state index contributed by atoms with van der Waals surface area (Å²) in [7, 11) is -3.70. The normalized spacial score (nSPS) is 12.7. The summed E-state index contributed by atoms with van der Waals surface area (Å²) in [6.45, 7) is 5.51. The minimum Gasteiger partial charge on any atom is -0.325 e. The van der Waals surface area contributed by atoms with Gasteiger partial charge < -0.3 is 11.1 Å². The third kappa shape index (κ3) is 4.80. The second-order valence-corrected chi connectivity index (χ2v) is 7.89. The smallest absolute Gasteiger partial charge is 0.261 e. The lowest BCUT2D eigenvalue weighted by Gasteiger charge is -2.17. The number of nitrogens with two attached hydrogens (primary N) is 1. The SMILES string of the molecule is Cc1ccc(NC(=O)[C@@H](N)C(C)C)cc1NS(=O)(=O)c1ccccc1. The first-order valence-electron chi connectivity index (χ1n) is 7.95. The number of rotatable bonds is 6. The Morgan fingerprint density at radius 2 is 1.72 bits per heavy atom. The second kappa shape index (κ2) is 7.67. The summed E-state index contributed by atoms with van der Waals surface area (Å²) in [4.78, 5) is 12.3. The van der Waals surface area contributed by atoms with Crippen molar-refractivity contribution in [3.63, 3.8) is 0 Å². The van der Waals surface area contributed by atoms with Gasteiger partial charge >= 0.3 is 0 Å². The monoisotopic (exact) mass is 361 g/mol. The van der Waals surface area contributed by atoms with Crippen LogP contribution in [0.4, 0.5) is 11.4 Å². The zero-order chi connectivity index (χ0) is 18.6. The highest BCUT2D eigenvalue weighted by molar-refractivity contribution is 7.92. The molecule has 0 heterocycles. The van der Waals surface area contributed by atoms with Gasteiger partial charge in [-0.25, -0.2) is 8.42 Å². The quantitative estimate of drug-likeness (QED) is 0.736. The molecule has 0 spiro atoms. The standard InChI is InChI=1S/C18H23N3O3S/c1-12(2)17(19)18(22)20-14-10-9-13(3)16(11-14)21-25(23,24)15-7-5-4-6-8-15/h4-12,17,21H,19H2,1-3H3,(H,20,22)/t17-/m0/s1. The van der Waals surface area contributed by atoms with Crippen molar-refractivity contribution in [1.29, 1.82) is 0 Å². The van der Waals surface area contributed by atoms with Crippen molar-refractivity contribution in [3.05, 3.63) is 54.1 Å². The summed E-state index contributed by atoms with van der Waals surface area (Å²) in [5.74, 6) is -0.308. The minimum absolute atomic E-state index is 0.00139. The molecule has 2 aromatic carbocycles. The van der Waals surface area contributed by atoms with Gasteiger partial charge in [-0.3, -0.25) is 9.52 Å². The molecule has 0 saturated carbocycles. The number of carbonyl (C=O) groups excluding carboxylic acids is 1. The van der Waals surface area contributed by atoms with Crippen LogP contribution in [0.1, 0.15) is 19.4 Å². The molecule has 6 nitrogen and oxygen atoms in total. The predicted molar refractivity (Wildman–Crippen MR) is 99.9 cm³/mol. The first kappa shape index (κ1) is 19.0. The molecule has 0 unspecified atom stereocenters. The Labute approximate surface area is 148 Å². The van der Waals surface area contributed by atoms with Crippen molar-refractivity contribution in [1.82, 2.24) is 0 Å². The maximum Gasteiger partial charge on any atom is 0.261 e. The molecule has 0 aliphatic carbocycles. The second-order valence-electron chi connectivity index (χ2n) is 6.21. The highest BCUT2D eigenvalue weighted by Gasteiger charge is 2.18. The average molecular weight is 361 g/mol. The fourth-order valence-corrected chi connectivity index (χ4v) is 3.28. The molecule has 0 radical (unpaired) electrons. The van der Waals surface area contributed by atoms with Gasteiger partial charge in [-0.05, 0) is 42.7 Å². The van der Waals surface area contributed by atoms with E-state index in [1.54, 1.807) is 43.3 Å². The molecule has 0 aliphatic heterocycles. The Balaban J connectivity index is 2.24. The van der Waals surface area contributed by atoms with E-state index in [0.29, 0.717) is 11.4 Å².